The summed E-state index contributed by atoms with van der Waals surface area (Å²) < 4.78 is 35.3. The molecule has 3 heterocycles. The molecule has 0 radical (unpaired) electrons. The zero-order chi connectivity index (χ0) is 25.2. The first-order chi connectivity index (χ1) is 17.4. The van der Waals surface area contributed by atoms with E-state index in [1.165, 1.54) is 47.0 Å². The first-order valence-corrected chi connectivity index (χ1v) is 11.1. The maximum absolute atomic E-state index is 14.9. The van der Waals surface area contributed by atoms with Crippen LogP contribution in [0.5, 0.6) is 11.5 Å². The molecule has 178 valence electrons. The third kappa shape index (κ3) is 4.48. The number of aromatic nitrogens is 3. The van der Waals surface area contributed by atoms with Crippen LogP contribution in [-0.2, 0) is 6.42 Å². The summed E-state index contributed by atoms with van der Waals surface area (Å²) in [7, 11) is 0. The Morgan fingerprint density at radius 1 is 0.917 bits per heavy atom. The largest absolute Gasteiger partial charge is 0.452 e. The van der Waals surface area contributed by atoms with Gasteiger partial charge in [0.2, 0.25) is 0 Å². The van der Waals surface area contributed by atoms with E-state index in [9.17, 15) is 18.4 Å². The van der Waals surface area contributed by atoms with Crippen LogP contribution in [0.3, 0.4) is 0 Å². The van der Waals surface area contributed by atoms with Gasteiger partial charge in [-0.25, -0.2) is 8.78 Å². The fourth-order valence-corrected chi connectivity index (χ4v) is 3.93. The minimum Gasteiger partial charge on any atom is -0.452 e. The van der Waals surface area contributed by atoms with Crippen molar-refractivity contribution >= 4 is 16.8 Å². The highest BCUT2D eigenvalue weighted by Crippen LogP contribution is 2.29. The average molecular weight is 483 g/mol. The quantitative estimate of drug-likeness (QED) is 0.295. The standard InChI is InChI=1S/C28H19F2N3O3/c1-17-4-10-21(28(35)33(17)20-8-6-19(29)7-9-20)24(34)16-18-5-11-25(22(30)15-18)36-26-12-14-31-23-3-2-13-32-27(23)26/h2-15H,16H2,1H3. The zero-order valence-corrected chi connectivity index (χ0v) is 19.1. The molecule has 0 amide bonds. The molecule has 36 heavy (non-hydrogen) atoms. The maximum atomic E-state index is 14.9. The number of hydrogen-bond donors (Lipinski definition) is 0. The first kappa shape index (κ1) is 23.0. The van der Waals surface area contributed by atoms with Gasteiger partial charge in [-0.15, -0.1) is 0 Å². The van der Waals surface area contributed by atoms with E-state index in [1.54, 1.807) is 49.6 Å². The normalized spacial score (nSPS) is 11.0. The van der Waals surface area contributed by atoms with Crippen LogP contribution in [-0.4, -0.2) is 20.3 Å². The van der Waals surface area contributed by atoms with E-state index in [-0.39, 0.29) is 17.7 Å². The van der Waals surface area contributed by atoms with Crippen LogP contribution >= 0.6 is 0 Å². The Morgan fingerprint density at radius 3 is 2.50 bits per heavy atom. The summed E-state index contributed by atoms with van der Waals surface area (Å²) in [6.45, 7) is 1.72. The molecule has 6 nitrogen and oxygen atoms in total. The predicted molar refractivity (Wildman–Crippen MR) is 131 cm³/mol. The van der Waals surface area contributed by atoms with E-state index in [4.69, 9.17) is 4.74 Å². The highest BCUT2D eigenvalue weighted by Gasteiger charge is 2.17. The summed E-state index contributed by atoms with van der Waals surface area (Å²) in [5, 5.41) is 0. The van der Waals surface area contributed by atoms with Gasteiger partial charge in [-0.3, -0.25) is 24.1 Å². The van der Waals surface area contributed by atoms with Crippen molar-refractivity contribution < 1.29 is 18.3 Å². The van der Waals surface area contributed by atoms with Gasteiger partial charge >= 0.3 is 0 Å². The number of hydrogen-bond acceptors (Lipinski definition) is 5. The number of pyridine rings is 3. The van der Waals surface area contributed by atoms with Crippen molar-refractivity contribution in [2.24, 2.45) is 0 Å². The van der Waals surface area contributed by atoms with Crippen molar-refractivity contribution in [2.75, 3.05) is 0 Å². The summed E-state index contributed by atoms with van der Waals surface area (Å²) >= 11 is 0. The van der Waals surface area contributed by atoms with Crippen molar-refractivity contribution in [1.29, 1.82) is 0 Å². The van der Waals surface area contributed by atoms with E-state index >= 15 is 0 Å². The minimum absolute atomic E-state index is 0.0293. The zero-order valence-electron chi connectivity index (χ0n) is 19.1. The van der Waals surface area contributed by atoms with Crippen LogP contribution in [0.25, 0.3) is 16.7 Å². The van der Waals surface area contributed by atoms with Crippen LogP contribution in [0.15, 0.2) is 90.0 Å². The number of benzene rings is 2. The molecule has 3 aromatic heterocycles. The van der Waals surface area contributed by atoms with Gasteiger partial charge in [0.1, 0.15) is 11.3 Å². The molecule has 0 aliphatic heterocycles. The van der Waals surface area contributed by atoms with Gasteiger partial charge in [-0.05, 0) is 73.2 Å². The Labute approximate surface area is 204 Å². The Morgan fingerprint density at radius 2 is 1.72 bits per heavy atom. The lowest BCUT2D eigenvalue weighted by atomic mass is 10.0. The molecule has 0 saturated heterocycles. The fourth-order valence-electron chi connectivity index (χ4n) is 3.93. The van der Waals surface area contributed by atoms with E-state index in [1.807, 2.05) is 0 Å². The minimum atomic E-state index is -0.658. The van der Waals surface area contributed by atoms with Gasteiger partial charge < -0.3 is 4.74 Å². The molecule has 0 atom stereocenters. The Balaban J connectivity index is 1.39. The van der Waals surface area contributed by atoms with Gasteiger partial charge in [-0.2, -0.15) is 0 Å². The summed E-state index contributed by atoms with van der Waals surface area (Å²) in [5.74, 6) is -1.23. The Hall–Kier alpha value is -4.72. The number of nitrogens with zero attached hydrogens (tertiary/aromatic N) is 3. The monoisotopic (exact) mass is 483 g/mol. The van der Waals surface area contributed by atoms with Crippen molar-refractivity contribution in [3.8, 4) is 17.2 Å². The molecule has 5 aromatic rings. The molecule has 0 aliphatic rings. The maximum Gasteiger partial charge on any atom is 0.266 e. The molecule has 2 aromatic carbocycles. The molecule has 0 fully saturated rings. The average Bonchev–Trinajstić information content (AvgIpc) is 2.87. The highest BCUT2D eigenvalue weighted by molar-refractivity contribution is 5.97. The summed E-state index contributed by atoms with van der Waals surface area (Å²) in [6.07, 6.45) is 2.96. The van der Waals surface area contributed by atoms with E-state index < -0.39 is 23.0 Å². The number of carbonyl (C=O) groups is 1. The molecular weight excluding hydrogens is 464 g/mol. The smallest absolute Gasteiger partial charge is 0.266 e. The van der Waals surface area contributed by atoms with Gasteiger partial charge in [0.15, 0.2) is 23.1 Å². The van der Waals surface area contributed by atoms with Crippen LogP contribution < -0.4 is 10.3 Å². The number of aryl methyl sites for hydroxylation is 1. The lowest BCUT2D eigenvalue weighted by Gasteiger charge is -2.12. The third-order valence-corrected chi connectivity index (χ3v) is 5.70. The molecule has 0 N–H and O–H groups in total. The van der Waals surface area contributed by atoms with Gasteiger partial charge in [-0.1, -0.05) is 6.07 Å². The molecule has 0 saturated carbocycles. The van der Waals surface area contributed by atoms with Gasteiger partial charge in [0.05, 0.1) is 11.1 Å². The van der Waals surface area contributed by atoms with Crippen molar-refractivity contribution in [3.05, 3.63) is 124 Å². The SMILES string of the molecule is Cc1ccc(C(=O)Cc2ccc(Oc3ccnc4cccnc34)c(F)c2)c(=O)n1-c1ccc(F)cc1. The number of ketones is 1. The second-order valence-corrected chi connectivity index (χ2v) is 8.15. The lowest BCUT2D eigenvalue weighted by molar-refractivity contribution is 0.0991. The molecular formula is C28H19F2N3O3. The van der Waals surface area contributed by atoms with Gasteiger partial charge in [0, 0.05) is 36.3 Å². The molecule has 0 spiro atoms. The number of halogens is 2. The Kier molecular flexibility index (Phi) is 6.08. The number of fused-ring (bicyclic) bond motifs is 1. The molecule has 8 heteroatoms. The second-order valence-electron chi connectivity index (χ2n) is 8.15. The number of carbonyl (C=O) groups excluding carboxylic acids is 1. The molecule has 0 aliphatic carbocycles. The van der Waals surface area contributed by atoms with Crippen LogP contribution in [0, 0.1) is 18.6 Å². The number of ether oxygens (including phenoxy) is 1. The van der Waals surface area contributed by atoms with Gasteiger partial charge in [0.25, 0.3) is 5.56 Å². The second kappa shape index (κ2) is 9.50. The highest BCUT2D eigenvalue weighted by atomic mass is 19.1. The van der Waals surface area contributed by atoms with Crippen LogP contribution in [0.4, 0.5) is 8.78 Å². The molecule has 0 bridgehead atoms. The summed E-state index contributed by atoms with van der Waals surface area (Å²) in [6, 6.07) is 17.8. The summed E-state index contributed by atoms with van der Waals surface area (Å²) in [4.78, 5) is 34.5. The first-order valence-electron chi connectivity index (χ1n) is 11.1. The number of Topliss-reactive ketones (excluding diaryl/α,β-unsaturated/α-hetero) is 1. The Bertz CT molecular complexity index is 1660. The molecule has 0 unspecified atom stereocenters. The topological polar surface area (TPSA) is 74.1 Å². The number of rotatable bonds is 6. The van der Waals surface area contributed by atoms with E-state index in [2.05, 4.69) is 9.97 Å². The summed E-state index contributed by atoms with van der Waals surface area (Å²) in [5.41, 5.74) is 1.96. The van der Waals surface area contributed by atoms with Crippen LogP contribution in [0.2, 0.25) is 0 Å². The fraction of sp³-hybridized carbons (Fsp3) is 0.0714. The van der Waals surface area contributed by atoms with Crippen molar-refractivity contribution in [3.63, 3.8) is 0 Å². The van der Waals surface area contributed by atoms with E-state index in [0.717, 1.165) is 0 Å². The predicted octanol–water partition coefficient (Wildman–Crippen LogP) is 5.59. The van der Waals surface area contributed by atoms with Crippen molar-refractivity contribution in [1.82, 2.24) is 14.5 Å². The van der Waals surface area contributed by atoms with Crippen molar-refractivity contribution in [2.45, 2.75) is 13.3 Å². The third-order valence-electron chi connectivity index (χ3n) is 5.70. The lowest BCUT2D eigenvalue weighted by Crippen LogP contribution is -2.27. The van der Waals surface area contributed by atoms with E-state index in [0.29, 0.717) is 33.7 Å². The molecule has 5 rings (SSSR count). The van der Waals surface area contributed by atoms with Crippen LogP contribution in [0.1, 0.15) is 21.6 Å².